The fourth-order valence-corrected chi connectivity index (χ4v) is 3.38. The van der Waals surface area contributed by atoms with Gasteiger partial charge < -0.3 is 0 Å². The van der Waals surface area contributed by atoms with E-state index in [1.807, 2.05) is 0 Å². The molecule has 0 spiro atoms. The van der Waals surface area contributed by atoms with Crippen LogP contribution in [-0.2, 0) is 6.42 Å². The summed E-state index contributed by atoms with van der Waals surface area (Å²) in [4.78, 5) is 0. The van der Waals surface area contributed by atoms with Crippen LogP contribution >= 0.6 is 0 Å². The second kappa shape index (κ2) is 3.84. The number of hydrogen-bond acceptors (Lipinski definition) is 0. The first kappa shape index (κ1) is 10.1. The molecule has 0 amide bonds. The van der Waals surface area contributed by atoms with E-state index in [0.717, 1.165) is 0 Å². The molecule has 0 heterocycles. The topological polar surface area (TPSA) is 0 Å². The molecule has 0 radical (unpaired) electrons. The van der Waals surface area contributed by atoms with Crippen molar-refractivity contribution in [1.82, 2.24) is 0 Å². The van der Waals surface area contributed by atoms with Crippen molar-refractivity contribution in [3.8, 4) is 0 Å². The van der Waals surface area contributed by atoms with Gasteiger partial charge >= 0.3 is 0 Å². The van der Waals surface area contributed by atoms with Crippen LogP contribution in [0.15, 0.2) is 54.1 Å². The van der Waals surface area contributed by atoms with Gasteiger partial charge in [0.15, 0.2) is 0 Å². The lowest BCUT2D eigenvalue weighted by Gasteiger charge is -2.25. The maximum Gasteiger partial charge on any atom is -0.0146 e. The molecule has 2 aromatic rings. The Labute approximate surface area is 108 Å². The highest BCUT2D eigenvalue weighted by molar-refractivity contribution is 5.93. The van der Waals surface area contributed by atoms with Gasteiger partial charge in [-0.25, -0.2) is 0 Å². The van der Waals surface area contributed by atoms with Gasteiger partial charge in [-0.2, -0.15) is 0 Å². The number of allylic oxidation sites excluding steroid dienone is 4. The van der Waals surface area contributed by atoms with Crippen LogP contribution in [0.1, 0.15) is 30.4 Å². The molecule has 0 aliphatic heterocycles. The molecule has 0 fully saturated rings. The average molecular weight is 232 g/mol. The van der Waals surface area contributed by atoms with E-state index >= 15 is 0 Å². The molecule has 0 saturated heterocycles. The highest BCUT2D eigenvalue weighted by Crippen LogP contribution is 2.39. The monoisotopic (exact) mass is 232 g/mol. The van der Waals surface area contributed by atoms with E-state index in [1.54, 1.807) is 11.1 Å². The van der Waals surface area contributed by atoms with Crippen molar-refractivity contribution in [2.75, 3.05) is 0 Å². The number of fused-ring (bicyclic) bond motifs is 4. The first-order valence-corrected chi connectivity index (χ1v) is 6.83. The quantitative estimate of drug-likeness (QED) is 0.606. The molecule has 0 atom stereocenters. The zero-order chi connectivity index (χ0) is 11.9. The fourth-order valence-electron chi connectivity index (χ4n) is 3.38. The summed E-state index contributed by atoms with van der Waals surface area (Å²) in [5.74, 6) is 0. The van der Waals surface area contributed by atoms with Gasteiger partial charge in [0.25, 0.3) is 0 Å². The van der Waals surface area contributed by atoms with Gasteiger partial charge in [0.2, 0.25) is 0 Å². The molecule has 0 saturated carbocycles. The van der Waals surface area contributed by atoms with Gasteiger partial charge in [0, 0.05) is 0 Å². The van der Waals surface area contributed by atoms with Crippen LogP contribution < -0.4 is 0 Å². The lowest BCUT2D eigenvalue weighted by atomic mass is 9.80. The Morgan fingerprint density at radius 3 is 2.78 bits per heavy atom. The number of aryl methyl sites for hydroxylation is 1. The second-order valence-electron chi connectivity index (χ2n) is 5.27. The maximum atomic E-state index is 2.34. The van der Waals surface area contributed by atoms with Gasteiger partial charge in [-0.15, -0.1) is 0 Å². The van der Waals surface area contributed by atoms with Crippen molar-refractivity contribution >= 4 is 16.3 Å². The molecule has 0 unspecified atom stereocenters. The van der Waals surface area contributed by atoms with Crippen molar-refractivity contribution in [3.63, 3.8) is 0 Å². The molecule has 2 aliphatic carbocycles. The zero-order valence-electron chi connectivity index (χ0n) is 10.4. The minimum atomic E-state index is 1.21. The maximum absolute atomic E-state index is 2.34. The van der Waals surface area contributed by atoms with E-state index in [-0.39, 0.29) is 0 Å². The minimum absolute atomic E-state index is 1.21. The number of hydrogen-bond donors (Lipinski definition) is 0. The van der Waals surface area contributed by atoms with Crippen molar-refractivity contribution in [2.24, 2.45) is 0 Å². The largest absolute Gasteiger partial charge is 0.0836 e. The summed E-state index contributed by atoms with van der Waals surface area (Å²) in [5.41, 5.74) is 6.21. The van der Waals surface area contributed by atoms with Crippen LogP contribution in [0.2, 0.25) is 0 Å². The summed E-state index contributed by atoms with van der Waals surface area (Å²) in [7, 11) is 0. The molecule has 0 aromatic heterocycles. The van der Waals surface area contributed by atoms with Gasteiger partial charge in [-0.05, 0) is 53.2 Å². The molecule has 2 aliphatic rings. The SMILES string of the molecule is C1=CC2=C(CC1)CCc1c2ccc2ccccc12. The number of benzene rings is 2. The van der Waals surface area contributed by atoms with Crippen LogP contribution in [0, 0.1) is 0 Å². The molecular weight excluding hydrogens is 216 g/mol. The van der Waals surface area contributed by atoms with E-state index in [4.69, 9.17) is 0 Å². The van der Waals surface area contributed by atoms with E-state index in [2.05, 4.69) is 48.6 Å². The lowest BCUT2D eigenvalue weighted by molar-refractivity contribution is 0.831. The molecule has 88 valence electrons. The summed E-state index contributed by atoms with van der Waals surface area (Å²) in [6.45, 7) is 0. The Bertz CT molecular complexity index is 686. The normalized spacial score (nSPS) is 17.8. The van der Waals surface area contributed by atoms with Gasteiger partial charge in [0.05, 0.1) is 0 Å². The van der Waals surface area contributed by atoms with Crippen molar-refractivity contribution in [2.45, 2.75) is 25.7 Å². The Balaban J connectivity index is 2.03. The summed E-state index contributed by atoms with van der Waals surface area (Å²) in [5, 5.41) is 2.82. The van der Waals surface area contributed by atoms with Crippen molar-refractivity contribution in [1.29, 1.82) is 0 Å². The molecule has 0 bridgehead atoms. The van der Waals surface area contributed by atoms with Crippen LogP contribution in [0.25, 0.3) is 16.3 Å². The Morgan fingerprint density at radius 2 is 1.78 bits per heavy atom. The smallest absolute Gasteiger partial charge is 0.0146 e. The zero-order valence-corrected chi connectivity index (χ0v) is 10.4. The summed E-state index contributed by atoms with van der Waals surface area (Å²) in [6.07, 6.45) is 9.61. The Kier molecular flexibility index (Phi) is 2.16. The van der Waals surface area contributed by atoms with E-state index < -0.39 is 0 Å². The second-order valence-corrected chi connectivity index (χ2v) is 5.27. The Morgan fingerprint density at radius 1 is 0.833 bits per heavy atom. The molecule has 0 N–H and O–H groups in total. The molecule has 18 heavy (non-hydrogen) atoms. The molecule has 0 nitrogen and oxygen atoms in total. The summed E-state index contributed by atoms with van der Waals surface area (Å²) in [6, 6.07) is 13.4. The molecule has 4 rings (SSSR count). The summed E-state index contributed by atoms with van der Waals surface area (Å²) >= 11 is 0. The first-order valence-electron chi connectivity index (χ1n) is 6.83. The average Bonchev–Trinajstić information content (AvgIpc) is 2.46. The van der Waals surface area contributed by atoms with E-state index in [0.29, 0.717) is 0 Å². The first-order chi connectivity index (χ1) is 8.93. The third-order valence-electron chi connectivity index (χ3n) is 4.29. The minimum Gasteiger partial charge on any atom is -0.0836 e. The van der Waals surface area contributed by atoms with Crippen LogP contribution in [0.5, 0.6) is 0 Å². The van der Waals surface area contributed by atoms with Crippen LogP contribution in [0.3, 0.4) is 0 Å². The van der Waals surface area contributed by atoms with Crippen LogP contribution in [-0.4, -0.2) is 0 Å². The number of rotatable bonds is 0. The predicted molar refractivity (Wildman–Crippen MR) is 77.6 cm³/mol. The fraction of sp³-hybridized carbons (Fsp3) is 0.222. The molecule has 2 aromatic carbocycles. The van der Waals surface area contributed by atoms with Crippen LogP contribution in [0.4, 0.5) is 0 Å². The standard InChI is InChI=1S/C18H16/c1-3-7-15-13(5-1)9-11-18-16-8-4-2-6-14(16)10-12-17(15)18/h1,3-5,7-9,11H,2,6,10,12H2. The highest BCUT2D eigenvalue weighted by atomic mass is 14.2. The van der Waals surface area contributed by atoms with Gasteiger partial charge in [-0.3, -0.25) is 0 Å². The highest BCUT2D eigenvalue weighted by Gasteiger charge is 2.20. The van der Waals surface area contributed by atoms with E-state index in [9.17, 15) is 0 Å². The van der Waals surface area contributed by atoms with E-state index in [1.165, 1.54) is 47.6 Å². The Hall–Kier alpha value is -1.82. The van der Waals surface area contributed by atoms with Crippen molar-refractivity contribution < 1.29 is 0 Å². The van der Waals surface area contributed by atoms with Gasteiger partial charge in [-0.1, -0.05) is 54.1 Å². The molecule has 0 heteroatoms. The summed E-state index contributed by atoms with van der Waals surface area (Å²) < 4.78 is 0. The van der Waals surface area contributed by atoms with Gasteiger partial charge in [0.1, 0.15) is 0 Å². The third kappa shape index (κ3) is 1.38. The van der Waals surface area contributed by atoms with Crippen molar-refractivity contribution in [3.05, 3.63) is 65.3 Å². The predicted octanol–water partition coefficient (Wildman–Crippen LogP) is 4.89. The molecular formula is C18H16. The lowest BCUT2D eigenvalue weighted by Crippen LogP contribution is -2.06. The third-order valence-corrected chi connectivity index (χ3v) is 4.29.